The van der Waals surface area contributed by atoms with Crippen LogP contribution in [-0.4, -0.2) is 19.3 Å². The number of fused-ring (bicyclic) bond motifs is 1. The van der Waals surface area contributed by atoms with Gasteiger partial charge in [0.1, 0.15) is 0 Å². The van der Waals surface area contributed by atoms with Gasteiger partial charge in [-0.25, -0.2) is 9.67 Å². The highest BCUT2D eigenvalue weighted by Crippen LogP contribution is 2.26. The number of aryl methyl sites for hydroxylation is 2. The van der Waals surface area contributed by atoms with Gasteiger partial charge in [0.25, 0.3) is 5.56 Å². The van der Waals surface area contributed by atoms with Crippen LogP contribution in [0.4, 0.5) is 0 Å². The fourth-order valence-electron chi connectivity index (χ4n) is 2.85. The molecule has 2 aromatic heterocycles. The first-order valence-electron chi connectivity index (χ1n) is 7.94. The number of imidazole rings is 1. The van der Waals surface area contributed by atoms with E-state index in [0.29, 0.717) is 23.5 Å². The second-order valence-electron chi connectivity index (χ2n) is 5.73. The summed E-state index contributed by atoms with van der Waals surface area (Å²) in [7, 11) is 0. The maximum atomic E-state index is 12.8. The molecule has 0 aliphatic carbocycles. The molecule has 0 unspecified atom stereocenters. The van der Waals surface area contributed by atoms with Crippen molar-refractivity contribution >= 4 is 22.4 Å². The van der Waals surface area contributed by atoms with Crippen molar-refractivity contribution in [1.29, 1.82) is 0 Å². The first kappa shape index (κ1) is 15.6. The summed E-state index contributed by atoms with van der Waals surface area (Å²) >= 11 is 6.15. The third-order valence-electron chi connectivity index (χ3n) is 4.10. The molecular formula is C19H15ClN4O. The van der Waals surface area contributed by atoms with Gasteiger partial charge in [0.15, 0.2) is 0 Å². The summed E-state index contributed by atoms with van der Waals surface area (Å²) in [6.07, 6.45) is 5.31. The molecule has 4 rings (SSSR count). The monoisotopic (exact) mass is 350 g/mol. The molecule has 2 heterocycles. The summed E-state index contributed by atoms with van der Waals surface area (Å²) < 4.78 is 3.43. The molecule has 0 aliphatic rings. The molecule has 0 bridgehead atoms. The van der Waals surface area contributed by atoms with E-state index in [4.69, 9.17) is 11.6 Å². The Bertz CT molecular complexity index is 1070. The van der Waals surface area contributed by atoms with Gasteiger partial charge in [-0.15, -0.1) is 0 Å². The highest BCUT2D eigenvalue weighted by atomic mass is 35.5. The highest BCUT2D eigenvalue weighted by molar-refractivity contribution is 6.31. The molecule has 0 amide bonds. The Morgan fingerprint density at radius 2 is 1.84 bits per heavy atom. The van der Waals surface area contributed by atoms with E-state index in [1.165, 1.54) is 4.68 Å². The fourth-order valence-corrected chi connectivity index (χ4v) is 3.02. The van der Waals surface area contributed by atoms with E-state index in [2.05, 4.69) is 10.1 Å². The molecule has 124 valence electrons. The summed E-state index contributed by atoms with van der Waals surface area (Å²) in [6.45, 7) is 1.09. The third-order valence-corrected chi connectivity index (χ3v) is 4.33. The van der Waals surface area contributed by atoms with E-state index in [1.807, 2.05) is 41.1 Å². The smallest absolute Gasteiger partial charge is 0.274 e. The lowest BCUT2D eigenvalue weighted by molar-refractivity contribution is 0.516. The Labute approximate surface area is 149 Å². The summed E-state index contributed by atoms with van der Waals surface area (Å²) in [5, 5.41) is 6.59. The molecule has 0 aliphatic heterocycles. The molecule has 2 aromatic carbocycles. The predicted molar refractivity (Wildman–Crippen MR) is 98.7 cm³/mol. The van der Waals surface area contributed by atoms with Gasteiger partial charge in [-0.1, -0.05) is 41.9 Å². The lowest BCUT2D eigenvalue weighted by Gasteiger charge is -2.12. The molecule has 25 heavy (non-hydrogen) atoms. The van der Waals surface area contributed by atoms with Crippen LogP contribution in [0.25, 0.3) is 22.0 Å². The van der Waals surface area contributed by atoms with Crippen molar-refractivity contribution in [3.63, 3.8) is 0 Å². The van der Waals surface area contributed by atoms with Gasteiger partial charge in [0, 0.05) is 34.9 Å². The molecule has 0 atom stereocenters. The van der Waals surface area contributed by atoms with E-state index in [-0.39, 0.29) is 5.56 Å². The van der Waals surface area contributed by atoms with Crippen LogP contribution in [0.3, 0.4) is 0 Å². The Morgan fingerprint density at radius 3 is 2.60 bits per heavy atom. The number of halogens is 1. The van der Waals surface area contributed by atoms with Crippen molar-refractivity contribution in [3.05, 3.63) is 82.6 Å². The number of rotatable bonds is 4. The molecule has 0 saturated carbocycles. The lowest BCUT2D eigenvalue weighted by atomic mass is 10.1. The molecular weight excluding hydrogens is 336 g/mol. The quantitative estimate of drug-likeness (QED) is 0.565. The molecule has 0 radical (unpaired) electrons. The first-order chi connectivity index (χ1) is 12.2. The van der Waals surface area contributed by atoms with Gasteiger partial charge in [0.05, 0.1) is 24.0 Å². The maximum absolute atomic E-state index is 12.8. The van der Waals surface area contributed by atoms with Gasteiger partial charge >= 0.3 is 0 Å². The zero-order valence-electron chi connectivity index (χ0n) is 13.3. The van der Waals surface area contributed by atoms with Crippen LogP contribution in [0.5, 0.6) is 0 Å². The summed E-state index contributed by atoms with van der Waals surface area (Å²) in [5.74, 6) is 0. The minimum atomic E-state index is -0.119. The van der Waals surface area contributed by atoms with Crippen LogP contribution >= 0.6 is 11.6 Å². The van der Waals surface area contributed by atoms with Crippen molar-refractivity contribution in [2.75, 3.05) is 0 Å². The minimum absolute atomic E-state index is 0.119. The second-order valence-corrected chi connectivity index (χ2v) is 6.17. The van der Waals surface area contributed by atoms with E-state index >= 15 is 0 Å². The average Bonchev–Trinajstić information content (AvgIpc) is 3.15. The zero-order valence-corrected chi connectivity index (χ0v) is 14.1. The lowest BCUT2D eigenvalue weighted by Crippen LogP contribution is -2.25. The summed E-state index contributed by atoms with van der Waals surface area (Å²) in [6, 6.07) is 15.1. The van der Waals surface area contributed by atoms with Crippen molar-refractivity contribution in [2.24, 2.45) is 0 Å². The van der Waals surface area contributed by atoms with Crippen LogP contribution in [0.1, 0.15) is 0 Å². The highest BCUT2D eigenvalue weighted by Gasteiger charge is 2.12. The van der Waals surface area contributed by atoms with Crippen LogP contribution in [0.15, 0.2) is 72.0 Å². The van der Waals surface area contributed by atoms with Crippen LogP contribution < -0.4 is 5.56 Å². The molecule has 5 nitrogen and oxygen atoms in total. The number of hydrogen-bond acceptors (Lipinski definition) is 3. The van der Waals surface area contributed by atoms with E-state index in [1.54, 1.807) is 30.7 Å². The second kappa shape index (κ2) is 6.53. The maximum Gasteiger partial charge on any atom is 0.274 e. The summed E-state index contributed by atoms with van der Waals surface area (Å²) in [5.41, 5.74) is 1.58. The normalized spacial score (nSPS) is 11.1. The number of hydrogen-bond donors (Lipinski definition) is 0. The zero-order chi connectivity index (χ0) is 17.2. The number of benzene rings is 2. The standard InChI is InChI=1S/C19H15ClN4O/c20-15-6-7-16-17(12-15)18(14-4-2-1-3-5-14)22-24(19(16)25)11-10-23-9-8-21-13-23/h1-9,12-13H,10-11H2. The molecule has 6 heteroatoms. The number of nitrogens with zero attached hydrogens (tertiary/aromatic N) is 4. The molecule has 0 fully saturated rings. The van der Waals surface area contributed by atoms with Gasteiger partial charge in [-0.05, 0) is 18.2 Å². The molecule has 0 saturated heterocycles. The summed E-state index contributed by atoms with van der Waals surface area (Å²) in [4.78, 5) is 16.8. The van der Waals surface area contributed by atoms with Gasteiger partial charge in [-0.2, -0.15) is 5.10 Å². The molecule has 0 N–H and O–H groups in total. The van der Waals surface area contributed by atoms with Gasteiger partial charge in [0.2, 0.25) is 0 Å². The van der Waals surface area contributed by atoms with Gasteiger partial charge < -0.3 is 4.57 Å². The predicted octanol–water partition coefficient (Wildman–Crippen LogP) is 3.61. The van der Waals surface area contributed by atoms with Crippen LogP contribution in [0.2, 0.25) is 5.02 Å². The Balaban J connectivity index is 1.88. The third kappa shape index (κ3) is 3.06. The fraction of sp³-hybridized carbons (Fsp3) is 0.105. The largest absolute Gasteiger partial charge is 0.336 e. The van der Waals surface area contributed by atoms with Crippen molar-refractivity contribution in [2.45, 2.75) is 13.1 Å². The Kier molecular flexibility index (Phi) is 4.07. The topological polar surface area (TPSA) is 52.7 Å². The van der Waals surface area contributed by atoms with Crippen molar-refractivity contribution in [1.82, 2.24) is 19.3 Å². The van der Waals surface area contributed by atoms with Crippen molar-refractivity contribution < 1.29 is 0 Å². The van der Waals surface area contributed by atoms with E-state index < -0.39 is 0 Å². The van der Waals surface area contributed by atoms with Crippen LogP contribution in [-0.2, 0) is 13.1 Å². The van der Waals surface area contributed by atoms with E-state index in [0.717, 1.165) is 16.6 Å². The molecule has 0 spiro atoms. The SMILES string of the molecule is O=c1c2ccc(Cl)cc2c(-c2ccccc2)nn1CCn1ccnc1. The van der Waals surface area contributed by atoms with E-state index in [9.17, 15) is 4.79 Å². The van der Waals surface area contributed by atoms with Crippen LogP contribution in [0, 0.1) is 0 Å². The Hall–Kier alpha value is -2.92. The first-order valence-corrected chi connectivity index (χ1v) is 8.32. The number of aromatic nitrogens is 4. The molecule has 4 aromatic rings. The average molecular weight is 351 g/mol. The van der Waals surface area contributed by atoms with Gasteiger partial charge in [-0.3, -0.25) is 4.79 Å². The minimum Gasteiger partial charge on any atom is -0.336 e. The van der Waals surface area contributed by atoms with Crippen molar-refractivity contribution in [3.8, 4) is 11.3 Å². The Morgan fingerprint density at radius 1 is 1.00 bits per heavy atom.